The Morgan fingerprint density at radius 1 is 1.26 bits per heavy atom. The minimum Gasteiger partial charge on any atom is -0.448 e. The highest BCUT2D eigenvalue weighted by molar-refractivity contribution is 5.87. The highest BCUT2D eigenvalue weighted by Crippen LogP contribution is 2.23. The lowest BCUT2D eigenvalue weighted by Crippen LogP contribution is -2.13. The smallest absolute Gasteiger partial charge is 0.357 e. The molecule has 0 fully saturated rings. The van der Waals surface area contributed by atoms with Crippen molar-refractivity contribution < 1.29 is 13.9 Å². The SMILES string of the molecule is CNc1nc(C)cc(C(=O)O[C@H](C)c2nc3ccccc3o2)n1. The molecule has 0 radical (unpaired) electrons. The van der Waals surface area contributed by atoms with Crippen molar-refractivity contribution in [3.8, 4) is 0 Å². The fraction of sp³-hybridized carbons (Fsp3) is 0.250. The first kappa shape index (κ1) is 15.0. The molecule has 1 atom stereocenters. The number of hydrogen-bond acceptors (Lipinski definition) is 7. The van der Waals surface area contributed by atoms with E-state index >= 15 is 0 Å². The number of aryl methyl sites for hydroxylation is 1. The number of para-hydroxylation sites is 2. The van der Waals surface area contributed by atoms with Crippen LogP contribution in [0.15, 0.2) is 34.7 Å². The van der Waals surface area contributed by atoms with Crippen LogP contribution < -0.4 is 5.32 Å². The van der Waals surface area contributed by atoms with Crippen molar-refractivity contribution in [3.63, 3.8) is 0 Å². The normalized spacial score (nSPS) is 12.1. The van der Waals surface area contributed by atoms with Crippen LogP contribution >= 0.6 is 0 Å². The number of ether oxygens (including phenoxy) is 1. The molecule has 0 amide bonds. The molecule has 118 valence electrons. The van der Waals surface area contributed by atoms with Crippen molar-refractivity contribution in [3.05, 3.63) is 47.6 Å². The van der Waals surface area contributed by atoms with E-state index in [2.05, 4.69) is 20.3 Å². The molecule has 3 aromatic rings. The number of benzene rings is 1. The molecular formula is C16H16N4O3. The summed E-state index contributed by atoms with van der Waals surface area (Å²) in [7, 11) is 1.69. The molecule has 0 spiro atoms. The second kappa shape index (κ2) is 6.04. The van der Waals surface area contributed by atoms with E-state index in [1.807, 2.05) is 24.3 Å². The molecule has 0 bridgehead atoms. The number of carbonyl (C=O) groups excluding carboxylic acids is 1. The van der Waals surface area contributed by atoms with Crippen molar-refractivity contribution in [2.75, 3.05) is 12.4 Å². The summed E-state index contributed by atoms with van der Waals surface area (Å²) in [5.41, 5.74) is 2.23. The topological polar surface area (TPSA) is 90.1 Å². The number of rotatable bonds is 4. The molecule has 7 nitrogen and oxygen atoms in total. The lowest BCUT2D eigenvalue weighted by atomic mass is 10.3. The maximum absolute atomic E-state index is 12.3. The number of carbonyl (C=O) groups is 1. The minimum absolute atomic E-state index is 0.185. The molecule has 0 saturated heterocycles. The zero-order valence-electron chi connectivity index (χ0n) is 13.0. The summed E-state index contributed by atoms with van der Waals surface area (Å²) in [4.78, 5) is 24.8. The van der Waals surface area contributed by atoms with Crippen LogP contribution in [-0.2, 0) is 4.74 Å². The van der Waals surface area contributed by atoms with Gasteiger partial charge in [-0.2, -0.15) is 0 Å². The van der Waals surface area contributed by atoms with Gasteiger partial charge in [-0.1, -0.05) is 12.1 Å². The first-order chi connectivity index (χ1) is 11.1. The summed E-state index contributed by atoms with van der Waals surface area (Å²) in [5, 5.41) is 2.80. The summed E-state index contributed by atoms with van der Waals surface area (Å²) in [6.45, 7) is 3.49. The highest BCUT2D eigenvalue weighted by atomic mass is 16.6. The van der Waals surface area contributed by atoms with Crippen LogP contribution in [0.5, 0.6) is 0 Å². The molecule has 0 aliphatic carbocycles. The van der Waals surface area contributed by atoms with E-state index in [1.54, 1.807) is 27.0 Å². The second-order valence-electron chi connectivity index (χ2n) is 5.04. The van der Waals surface area contributed by atoms with Gasteiger partial charge in [-0.3, -0.25) is 0 Å². The Labute approximate surface area is 132 Å². The van der Waals surface area contributed by atoms with E-state index in [-0.39, 0.29) is 5.69 Å². The van der Waals surface area contributed by atoms with Gasteiger partial charge in [0.1, 0.15) is 5.52 Å². The van der Waals surface area contributed by atoms with Crippen molar-refractivity contribution >= 4 is 23.0 Å². The molecule has 3 rings (SSSR count). The third-order valence-electron chi connectivity index (χ3n) is 3.23. The maximum atomic E-state index is 12.3. The first-order valence-electron chi connectivity index (χ1n) is 7.16. The van der Waals surface area contributed by atoms with Gasteiger partial charge in [0, 0.05) is 12.7 Å². The number of nitrogens with one attached hydrogen (secondary N) is 1. The summed E-state index contributed by atoms with van der Waals surface area (Å²) in [6.07, 6.45) is -0.622. The molecule has 1 aromatic carbocycles. The predicted octanol–water partition coefficient (Wildman–Crippen LogP) is 2.89. The summed E-state index contributed by atoms with van der Waals surface area (Å²) < 4.78 is 11.0. The second-order valence-corrected chi connectivity index (χ2v) is 5.04. The Bertz CT molecular complexity index is 826. The van der Waals surface area contributed by atoms with Crippen LogP contribution in [0, 0.1) is 6.92 Å². The van der Waals surface area contributed by atoms with Gasteiger partial charge in [0.15, 0.2) is 17.4 Å². The van der Waals surface area contributed by atoms with Crippen LogP contribution in [0.25, 0.3) is 11.1 Å². The fourth-order valence-corrected chi connectivity index (χ4v) is 2.12. The van der Waals surface area contributed by atoms with Crippen molar-refractivity contribution in [1.82, 2.24) is 15.0 Å². The largest absolute Gasteiger partial charge is 0.448 e. The molecular weight excluding hydrogens is 296 g/mol. The van der Waals surface area contributed by atoms with Crippen LogP contribution in [0.1, 0.15) is 35.1 Å². The Morgan fingerprint density at radius 3 is 2.78 bits per heavy atom. The lowest BCUT2D eigenvalue weighted by Gasteiger charge is -2.10. The van der Waals surface area contributed by atoms with Gasteiger partial charge in [0.05, 0.1) is 0 Å². The highest BCUT2D eigenvalue weighted by Gasteiger charge is 2.20. The van der Waals surface area contributed by atoms with Gasteiger partial charge in [-0.05, 0) is 32.0 Å². The fourth-order valence-electron chi connectivity index (χ4n) is 2.12. The number of anilines is 1. The Balaban J connectivity index is 1.80. The number of esters is 1. The van der Waals surface area contributed by atoms with Crippen molar-refractivity contribution in [1.29, 1.82) is 0 Å². The number of hydrogen-bond donors (Lipinski definition) is 1. The van der Waals surface area contributed by atoms with E-state index < -0.39 is 12.1 Å². The third-order valence-corrected chi connectivity index (χ3v) is 3.23. The maximum Gasteiger partial charge on any atom is 0.357 e. The molecule has 0 unspecified atom stereocenters. The van der Waals surface area contributed by atoms with E-state index in [0.717, 1.165) is 5.52 Å². The molecule has 7 heteroatoms. The van der Waals surface area contributed by atoms with Gasteiger partial charge in [-0.25, -0.2) is 19.7 Å². The molecule has 23 heavy (non-hydrogen) atoms. The number of nitrogens with zero attached hydrogens (tertiary/aromatic N) is 3. The van der Waals surface area contributed by atoms with E-state index in [9.17, 15) is 4.79 Å². The Hall–Kier alpha value is -2.96. The standard InChI is InChI=1S/C16H16N4O3/c1-9-8-12(20-16(17-3)18-9)15(21)22-10(2)14-19-11-6-4-5-7-13(11)23-14/h4-8,10H,1-3H3,(H,17,18,20)/t10-/m1/s1. The quantitative estimate of drug-likeness (QED) is 0.741. The van der Waals surface area contributed by atoms with E-state index in [1.165, 1.54) is 0 Å². The van der Waals surface area contributed by atoms with Crippen LogP contribution in [-0.4, -0.2) is 28.0 Å². The number of fused-ring (bicyclic) bond motifs is 1. The molecule has 2 aromatic heterocycles. The van der Waals surface area contributed by atoms with Crippen LogP contribution in [0.3, 0.4) is 0 Å². The molecule has 2 heterocycles. The zero-order chi connectivity index (χ0) is 16.4. The molecule has 0 aliphatic rings. The zero-order valence-corrected chi connectivity index (χ0v) is 13.0. The molecule has 1 N–H and O–H groups in total. The minimum atomic E-state index is -0.622. The third kappa shape index (κ3) is 3.13. The van der Waals surface area contributed by atoms with Gasteiger partial charge < -0.3 is 14.5 Å². The predicted molar refractivity (Wildman–Crippen MR) is 84.2 cm³/mol. The number of oxazole rings is 1. The molecule has 0 saturated carbocycles. The monoisotopic (exact) mass is 312 g/mol. The van der Waals surface area contributed by atoms with Gasteiger partial charge in [0.25, 0.3) is 0 Å². The summed E-state index contributed by atoms with van der Waals surface area (Å²) in [5.74, 6) is 0.160. The average molecular weight is 312 g/mol. The Morgan fingerprint density at radius 2 is 2.04 bits per heavy atom. The van der Waals surface area contributed by atoms with Gasteiger partial charge in [-0.15, -0.1) is 0 Å². The van der Waals surface area contributed by atoms with Crippen LogP contribution in [0.2, 0.25) is 0 Å². The average Bonchev–Trinajstić information content (AvgIpc) is 2.98. The van der Waals surface area contributed by atoms with E-state index in [0.29, 0.717) is 23.1 Å². The lowest BCUT2D eigenvalue weighted by molar-refractivity contribution is 0.0275. The number of aromatic nitrogens is 3. The summed E-state index contributed by atoms with van der Waals surface area (Å²) in [6, 6.07) is 8.95. The van der Waals surface area contributed by atoms with Gasteiger partial charge >= 0.3 is 5.97 Å². The van der Waals surface area contributed by atoms with Crippen LogP contribution in [0.4, 0.5) is 5.95 Å². The van der Waals surface area contributed by atoms with Crippen molar-refractivity contribution in [2.24, 2.45) is 0 Å². The Kier molecular flexibility index (Phi) is 3.92. The van der Waals surface area contributed by atoms with Gasteiger partial charge in [0.2, 0.25) is 11.8 Å². The van der Waals surface area contributed by atoms with E-state index in [4.69, 9.17) is 9.15 Å². The van der Waals surface area contributed by atoms with Crippen molar-refractivity contribution in [2.45, 2.75) is 20.0 Å². The molecule has 0 aliphatic heterocycles. The summed E-state index contributed by atoms with van der Waals surface area (Å²) >= 11 is 0. The first-order valence-corrected chi connectivity index (χ1v) is 7.16.